The number of amidine groups is 1. The molecule has 2 unspecified atom stereocenters. The predicted molar refractivity (Wildman–Crippen MR) is 92.2 cm³/mol. The van der Waals surface area contributed by atoms with E-state index in [0.717, 1.165) is 11.1 Å². The number of nitrogens with one attached hydrogen (secondary N) is 2. The number of amides is 2. The van der Waals surface area contributed by atoms with E-state index in [1.165, 1.54) is 19.2 Å². The maximum absolute atomic E-state index is 12.4. The Morgan fingerprint density at radius 2 is 2.04 bits per heavy atom. The summed E-state index contributed by atoms with van der Waals surface area (Å²) in [6, 6.07) is 0.139. The zero-order valence-electron chi connectivity index (χ0n) is 14.5. The van der Waals surface area contributed by atoms with Crippen molar-refractivity contribution in [2.24, 2.45) is 0 Å². The van der Waals surface area contributed by atoms with Gasteiger partial charge in [0.25, 0.3) is 10.0 Å². The number of nitrogens with zero attached hydrogens (tertiary/aromatic N) is 3. The Morgan fingerprint density at radius 3 is 2.61 bits per heavy atom. The molecule has 2 saturated heterocycles. The summed E-state index contributed by atoms with van der Waals surface area (Å²) in [6.07, 6.45) is 1.51. The average molecular weight is 435 g/mol. The highest BCUT2D eigenvalue weighted by Crippen LogP contribution is 2.31. The molecule has 0 aliphatic carbocycles. The van der Waals surface area contributed by atoms with Gasteiger partial charge in [-0.25, -0.2) is 18.2 Å². The number of ether oxygens (including phenoxy) is 1. The van der Waals surface area contributed by atoms with Crippen LogP contribution in [0.2, 0.25) is 0 Å². The molecule has 13 nitrogen and oxygen atoms in total. The topological polar surface area (TPSA) is 179 Å². The van der Waals surface area contributed by atoms with Gasteiger partial charge in [0, 0.05) is 12.6 Å². The Bertz CT molecular complexity index is 994. The largest absolute Gasteiger partial charge is 0.481 e. The minimum atomic E-state index is -4.89. The lowest BCUT2D eigenvalue weighted by molar-refractivity contribution is -0.0316. The zero-order chi connectivity index (χ0) is 20.7. The van der Waals surface area contributed by atoms with Crippen molar-refractivity contribution >= 4 is 32.3 Å². The van der Waals surface area contributed by atoms with E-state index < -0.39 is 44.4 Å². The Kier molecular flexibility index (Phi) is 5.18. The highest BCUT2D eigenvalue weighted by atomic mass is 32.3. The molecule has 15 heteroatoms. The van der Waals surface area contributed by atoms with Crippen molar-refractivity contribution < 1.29 is 35.2 Å². The van der Waals surface area contributed by atoms with Crippen LogP contribution in [0.4, 0.5) is 4.79 Å². The van der Waals surface area contributed by atoms with E-state index in [4.69, 9.17) is 14.7 Å². The molecule has 2 aliphatic rings. The molecular formula is C13H17N5O8S2. The van der Waals surface area contributed by atoms with Gasteiger partial charge in [0.1, 0.15) is 10.7 Å². The smallest absolute Gasteiger partial charge is 0.418 e. The summed E-state index contributed by atoms with van der Waals surface area (Å²) in [5.74, 6) is -0.245. The first-order chi connectivity index (χ1) is 13.0. The number of carbonyl (C=O) groups excluding carboxylic acids is 1. The van der Waals surface area contributed by atoms with E-state index in [9.17, 15) is 21.6 Å². The van der Waals surface area contributed by atoms with Crippen LogP contribution in [0.25, 0.3) is 0 Å². The van der Waals surface area contributed by atoms with Crippen molar-refractivity contribution in [3.05, 3.63) is 18.3 Å². The maximum atomic E-state index is 12.4. The molecular weight excluding hydrogens is 418 g/mol. The highest BCUT2D eigenvalue weighted by molar-refractivity contribution is 7.90. The molecule has 154 valence electrons. The third kappa shape index (κ3) is 4.01. The van der Waals surface area contributed by atoms with Crippen molar-refractivity contribution in [2.45, 2.75) is 29.8 Å². The number of hydroxylamine groups is 2. The van der Waals surface area contributed by atoms with E-state index in [1.807, 2.05) is 0 Å². The van der Waals surface area contributed by atoms with Gasteiger partial charge in [0.05, 0.1) is 25.4 Å². The predicted octanol–water partition coefficient (Wildman–Crippen LogP) is -0.651. The van der Waals surface area contributed by atoms with E-state index in [0.29, 0.717) is 5.06 Å². The number of rotatable bonds is 6. The molecule has 1 aromatic heterocycles. The first-order valence-corrected chi connectivity index (χ1v) is 10.7. The van der Waals surface area contributed by atoms with E-state index >= 15 is 0 Å². The Labute approximate surface area is 160 Å². The molecule has 1 aromatic rings. The molecule has 3 heterocycles. The molecule has 0 saturated carbocycles. The third-order valence-electron chi connectivity index (χ3n) is 4.30. The number of pyridine rings is 1. The summed E-state index contributed by atoms with van der Waals surface area (Å²) in [5.41, 5.74) is 0. The van der Waals surface area contributed by atoms with Crippen molar-refractivity contribution in [3.8, 4) is 5.88 Å². The number of carbonyl (C=O) groups is 1. The number of methoxy groups -OCH3 is 1. The Morgan fingerprint density at radius 1 is 1.32 bits per heavy atom. The lowest BCUT2D eigenvalue weighted by atomic mass is 10.0. The van der Waals surface area contributed by atoms with Crippen LogP contribution in [0, 0.1) is 5.41 Å². The SMILES string of the molecule is COc1ccc(S(=O)(=O)NC(=N)C2CCC3CN2C(=O)N3OS(=O)(=O)O)cn1. The lowest BCUT2D eigenvalue weighted by Crippen LogP contribution is -2.50. The minimum absolute atomic E-state index is 0.0211. The summed E-state index contributed by atoms with van der Waals surface area (Å²) >= 11 is 0. The second kappa shape index (κ2) is 7.16. The summed E-state index contributed by atoms with van der Waals surface area (Å²) in [6.45, 7) is 0.0211. The van der Waals surface area contributed by atoms with Gasteiger partial charge >= 0.3 is 16.4 Å². The zero-order valence-corrected chi connectivity index (χ0v) is 16.1. The molecule has 2 bridgehead atoms. The van der Waals surface area contributed by atoms with Crippen molar-refractivity contribution in [1.82, 2.24) is 19.7 Å². The number of piperidine rings is 1. The number of aromatic nitrogens is 1. The van der Waals surface area contributed by atoms with Crippen molar-refractivity contribution in [3.63, 3.8) is 0 Å². The fourth-order valence-corrected chi connectivity index (χ4v) is 4.42. The molecule has 0 aromatic carbocycles. The number of hydrogen-bond donors (Lipinski definition) is 3. The van der Waals surface area contributed by atoms with Gasteiger partial charge in [0.15, 0.2) is 0 Å². The van der Waals surface area contributed by atoms with Crippen molar-refractivity contribution in [2.75, 3.05) is 13.7 Å². The number of fused-ring (bicyclic) bond motifs is 2. The van der Waals surface area contributed by atoms with Gasteiger partial charge in [-0.05, 0) is 18.9 Å². The fourth-order valence-electron chi connectivity index (χ4n) is 3.05. The van der Waals surface area contributed by atoms with Gasteiger partial charge in [-0.3, -0.25) is 14.7 Å². The van der Waals surface area contributed by atoms with E-state index in [-0.39, 0.29) is 30.2 Å². The molecule has 0 spiro atoms. The molecule has 3 N–H and O–H groups in total. The summed E-state index contributed by atoms with van der Waals surface area (Å²) in [7, 11) is -7.64. The standard InChI is InChI=1S/C13H17N5O8S2/c1-25-11-5-3-9(6-15-11)27(20,21)16-12(14)10-4-2-8-7-17(10)13(19)18(8)26-28(22,23)24/h3,5-6,8,10H,2,4,7H2,1H3,(H2,14,16)(H,22,23,24). The molecule has 0 radical (unpaired) electrons. The fraction of sp³-hybridized carbons (Fsp3) is 0.462. The molecule has 2 atom stereocenters. The van der Waals surface area contributed by atoms with E-state index in [1.54, 1.807) is 0 Å². The number of urea groups is 1. The lowest BCUT2D eigenvalue weighted by Gasteiger charge is -2.30. The van der Waals surface area contributed by atoms with Crippen LogP contribution in [0.3, 0.4) is 0 Å². The van der Waals surface area contributed by atoms with Crippen LogP contribution in [-0.2, 0) is 24.7 Å². The molecule has 3 rings (SSSR count). The monoisotopic (exact) mass is 435 g/mol. The quantitative estimate of drug-likeness (QED) is 0.297. The molecule has 28 heavy (non-hydrogen) atoms. The first-order valence-electron chi connectivity index (χ1n) is 7.90. The van der Waals surface area contributed by atoms with Crippen LogP contribution in [0.15, 0.2) is 23.2 Å². The average Bonchev–Trinajstić information content (AvgIpc) is 2.85. The molecule has 2 aliphatic heterocycles. The van der Waals surface area contributed by atoms with Crippen LogP contribution < -0.4 is 9.46 Å². The van der Waals surface area contributed by atoms with Gasteiger partial charge < -0.3 is 9.64 Å². The molecule has 2 fully saturated rings. The van der Waals surface area contributed by atoms with Crippen LogP contribution in [-0.4, -0.2) is 73.9 Å². The minimum Gasteiger partial charge on any atom is -0.481 e. The van der Waals surface area contributed by atoms with E-state index in [2.05, 4.69) is 14.0 Å². The highest BCUT2D eigenvalue weighted by Gasteiger charge is 2.48. The Balaban J connectivity index is 1.74. The summed E-state index contributed by atoms with van der Waals surface area (Å²) in [5, 5.41) is 8.62. The summed E-state index contributed by atoms with van der Waals surface area (Å²) in [4.78, 5) is 17.0. The molecule has 2 amide bonds. The first kappa shape index (κ1) is 20.2. The maximum Gasteiger partial charge on any atom is 0.418 e. The second-order valence-electron chi connectivity index (χ2n) is 6.07. The van der Waals surface area contributed by atoms with Gasteiger partial charge in [-0.2, -0.15) is 13.5 Å². The van der Waals surface area contributed by atoms with Crippen LogP contribution in [0.5, 0.6) is 5.88 Å². The number of hydrogen-bond acceptors (Lipinski definition) is 9. The van der Waals surface area contributed by atoms with Crippen LogP contribution >= 0.6 is 0 Å². The Hall–Kier alpha value is -2.49. The van der Waals surface area contributed by atoms with Gasteiger partial charge in [0.2, 0.25) is 5.88 Å². The van der Waals surface area contributed by atoms with Gasteiger partial charge in [-0.15, -0.1) is 4.28 Å². The van der Waals surface area contributed by atoms with Crippen molar-refractivity contribution in [1.29, 1.82) is 5.41 Å². The summed E-state index contributed by atoms with van der Waals surface area (Å²) < 4.78 is 66.7. The number of sulfonamides is 1. The second-order valence-corrected chi connectivity index (χ2v) is 8.75. The van der Waals surface area contributed by atoms with Crippen LogP contribution in [0.1, 0.15) is 12.8 Å². The third-order valence-corrected chi connectivity index (χ3v) is 6.00. The normalized spacial score (nSPS) is 22.3. The van der Waals surface area contributed by atoms with Gasteiger partial charge in [-0.1, -0.05) is 0 Å².